The minimum Gasteiger partial charge on any atom is -0.381 e. The zero-order valence-corrected chi connectivity index (χ0v) is 11.0. The van der Waals surface area contributed by atoms with Gasteiger partial charge in [-0.1, -0.05) is 6.92 Å². The second-order valence-electron chi connectivity index (χ2n) is 4.87. The summed E-state index contributed by atoms with van der Waals surface area (Å²) in [5.74, 6) is 0.719. The Morgan fingerprint density at radius 1 is 1.44 bits per heavy atom. The van der Waals surface area contributed by atoms with Crippen LogP contribution in [0, 0.1) is 5.92 Å². The van der Waals surface area contributed by atoms with Gasteiger partial charge in [0.2, 0.25) is 0 Å². The smallest absolute Gasteiger partial charge is 0.0518 e. The normalized spacial score (nSPS) is 22.9. The van der Waals surface area contributed by atoms with Crippen LogP contribution in [-0.4, -0.2) is 38.5 Å². The summed E-state index contributed by atoms with van der Waals surface area (Å²) in [5.41, 5.74) is 0. The van der Waals surface area contributed by atoms with Crippen LogP contribution in [0.3, 0.4) is 0 Å². The molecule has 1 aliphatic rings. The molecule has 96 valence electrons. The summed E-state index contributed by atoms with van der Waals surface area (Å²) in [7, 11) is 0. The highest BCUT2D eigenvalue weighted by molar-refractivity contribution is 4.78. The topological polar surface area (TPSA) is 30.5 Å². The van der Waals surface area contributed by atoms with E-state index >= 15 is 0 Å². The maximum atomic E-state index is 5.52. The van der Waals surface area contributed by atoms with Crippen molar-refractivity contribution in [1.82, 2.24) is 5.32 Å². The molecule has 1 rings (SSSR count). The Kier molecular flexibility index (Phi) is 7.01. The molecule has 2 unspecified atom stereocenters. The second kappa shape index (κ2) is 8.04. The molecule has 1 saturated heterocycles. The van der Waals surface area contributed by atoms with Gasteiger partial charge in [0, 0.05) is 19.3 Å². The molecule has 3 nitrogen and oxygen atoms in total. The predicted molar refractivity (Wildman–Crippen MR) is 66.7 cm³/mol. The quantitative estimate of drug-likeness (QED) is 0.647. The van der Waals surface area contributed by atoms with E-state index in [2.05, 4.69) is 26.1 Å². The molecule has 0 aromatic heterocycles. The van der Waals surface area contributed by atoms with E-state index < -0.39 is 0 Å². The van der Waals surface area contributed by atoms with Crippen molar-refractivity contribution in [2.75, 3.05) is 26.4 Å². The number of hydrogen-bond donors (Lipinski definition) is 1. The summed E-state index contributed by atoms with van der Waals surface area (Å²) in [6.45, 7) is 10.2. The third-order valence-corrected chi connectivity index (χ3v) is 3.15. The van der Waals surface area contributed by atoms with Gasteiger partial charge in [0.05, 0.1) is 12.7 Å². The summed E-state index contributed by atoms with van der Waals surface area (Å²) >= 11 is 0. The largest absolute Gasteiger partial charge is 0.381 e. The third kappa shape index (κ3) is 5.28. The van der Waals surface area contributed by atoms with Crippen molar-refractivity contribution in [3.8, 4) is 0 Å². The first kappa shape index (κ1) is 13.9. The van der Waals surface area contributed by atoms with E-state index in [9.17, 15) is 0 Å². The molecule has 0 bridgehead atoms. The van der Waals surface area contributed by atoms with Gasteiger partial charge in [-0.05, 0) is 45.6 Å². The van der Waals surface area contributed by atoms with E-state index in [-0.39, 0.29) is 0 Å². The fourth-order valence-electron chi connectivity index (χ4n) is 2.19. The Labute approximate surface area is 99.9 Å². The van der Waals surface area contributed by atoms with Crippen molar-refractivity contribution >= 4 is 0 Å². The highest BCUT2D eigenvalue weighted by Crippen LogP contribution is 2.18. The first-order valence-electron chi connectivity index (χ1n) is 6.66. The maximum absolute atomic E-state index is 5.52. The molecule has 0 radical (unpaired) electrons. The molecule has 3 heteroatoms. The van der Waals surface area contributed by atoms with Gasteiger partial charge in [-0.2, -0.15) is 0 Å². The van der Waals surface area contributed by atoms with Crippen LogP contribution in [0.5, 0.6) is 0 Å². The van der Waals surface area contributed by atoms with Crippen LogP contribution < -0.4 is 5.32 Å². The summed E-state index contributed by atoms with van der Waals surface area (Å²) in [5, 5.41) is 3.63. The number of hydrogen-bond acceptors (Lipinski definition) is 3. The molecular formula is C13H27NO2. The first-order valence-corrected chi connectivity index (χ1v) is 6.66. The summed E-state index contributed by atoms with van der Waals surface area (Å²) in [4.78, 5) is 0. The monoisotopic (exact) mass is 229 g/mol. The fourth-order valence-corrected chi connectivity index (χ4v) is 2.19. The lowest BCUT2D eigenvalue weighted by atomic mass is 9.97. The highest BCUT2D eigenvalue weighted by atomic mass is 16.5. The molecule has 2 atom stereocenters. The fraction of sp³-hybridized carbons (Fsp3) is 1.00. The number of rotatable bonds is 8. The van der Waals surface area contributed by atoms with Gasteiger partial charge in [0.1, 0.15) is 0 Å². The van der Waals surface area contributed by atoms with Crippen molar-refractivity contribution < 1.29 is 9.47 Å². The Morgan fingerprint density at radius 2 is 2.25 bits per heavy atom. The Morgan fingerprint density at radius 3 is 2.81 bits per heavy atom. The third-order valence-electron chi connectivity index (χ3n) is 3.15. The molecule has 0 saturated carbocycles. The van der Waals surface area contributed by atoms with E-state index in [4.69, 9.17) is 9.47 Å². The van der Waals surface area contributed by atoms with Gasteiger partial charge in [0.25, 0.3) is 0 Å². The van der Waals surface area contributed by atoms with Gasteiger partial charge < -0.3 is 14.8 Å². The number of nitrogens with one attached hydrogen (secondary N) is 1. The van der Waals surface area contributed by atoms with Crippen LogP contribution >= 0.6 is 0 Å². The second-order valence-corrected chi connectivity index (χ2v) is 4.87. The zero-order chi connectivity index (χ0) is 11.8. The molecule has 16 heavy (non-hydrogen) atoms. The SMILES string of the molecule is CCC(NCCCOC(C)C)C1CCOC1. The minimum absolute atomic E-state index is 0.352. The standard InChI is InChI=1S/C13H27NO2/c1-4-13(12-6-9-15-10-12)14-7-5-8-16-11(2)3/h11-14H,4-10H2,1-3H3. The average molecular weight is 229 g/mol. The Hall–Kier alpha value is -0.120. The van der Waals surface area contributed by atoms with Gasteiger partial charge in [0.15, 0.2) is 0 Å². The molecule has 0 amide bonds. The van der Waals surface area contributed by atoms with Crippen molar-refractivity contribution in [2.24, 2.45) is 5.92 Å². The molecule has 0 aromatic rings. The summed E-state index contributed by atoms with van der Waals surface area (Å²) in [6.07, 6.45) is 3.86. The zero-order valence-electron chi connectivity index (χ0n) is 11.0. The summed E-state index contributed by atoms with van der Waals surface area (Å²) < 4.78 is 11.0. The molecule has 0 spiro atoms. The van der Waals surface area contributed by atoms with Crippen LogP contribution in [0.2, 0.25) is 0 Å². The van der Waals surface area contributed by atoms with Crippen LogP contribution in [0.1, 0.15) is 40.0 Å². The van der Waals surface area contributed by atoms with Crippen molar-refractivity contribution in [2.45, 2.75) is 52.2 Å². The molecule has 1 heterocycles. The molecule has 0 aromatic carbocycles. The molecule has 1 fully saturated rings. The van der Waals surface area contributed by atoms with Crippen LogP contribution in [0.4, 0.5) is 0 Å². The van der Waals surface area contributed by atoms with E-state index in [0.29, 0.717) is 12.1 Å². The maximum Gasteiger partial charge on any atom is 0.0518 e. The van der Waals surface area contributed by atoms with Crippen molar-refractivity contribution in [1.29, 1.82) is 0 Å². The van der Waals surface area contributed by atoms with E-state index in [1.165, 1.54) is 12.8 Å². The lowest BCUT2D eigenvalue weighted by Crippen LogP contribution is -2.37. The van der Waals surface area contributed by atoms with E-state index in [0.717, 1.165) is 38.7 Å². The Bertz CT molecular complexity index is 167. The van der Waals surface area contributed by atoms with Crippen LogP contribution in [0.15, 0.2) is 0 Å². The van der Waals surface area contributed by atoms with Gasteiger partial charge in [-0.15, -0.1) is 0 Å². The minimum atomic E-state index is 0.352. The van der Waals surface area contributed by atoms with Gasteiger partial charge in [-0.3, -0.25) is 0 Å². The van der Waals surface area contributed by atoms with Gasteiger partial charge in [-0.25, -0.2) is 0 Å². The van der Waals surface area contributed by atoms with Crippen LogP contribution in [0.25, 0.3) is 0 Å². The average Bonchev–Trinajstić information content (AvgIpc) is 2.76. The van der Waals surface area contributed by atoms with Crippen LogP contribution in [-0.2, 0) is 9.47 Å². The van der Waals surface area contributed by atoms with E-state index in [1.54, 1.807) is 0 Å². The van der Waals surface area contributed by atoms with Crippen molar-refractivity contribution in [3.05, 3.63) is 0 Å². The Balaban J connectivity index is 2.04. The molecular weight excluding hydrogens is 202 g/mol. The number of ether oxygens (including phenoxy) is 2. The lowest BCUT2D eigenvalue weighted by Gasteiger charge is -2.22. The molecule has 1 aliphatic heterocycles. The molecule has 1 N–H and O–H groups in total. The predicted octanol–water partition coefficient (Wildman–Crippen LogP) is 2.21. The highest BCUT2D eigenvalue weighted by Gasteiger charge is 2.23. The summed E-state index contributed by atoms with van der Waals surface area (Å²) in [6, 6.07) is 0.626. The van der Waals surface area contributed by atoms with Gasteiger partial charge >= 0.3 is 0 Å². The first-order chi connectivity index (χ1) is 7.74. The lowest BCUT2D eigenvalue weighted by molar-refractivity contribution is 0.0762. The van der Waals surface area contributed by atoms with E-state index in [1.807, 2.05) is 0 Å². The van der Waals surface area contributed by atoms with Crippen molar-refractivity contribution in [3.63, 3.8) is 0 Å². The molecule has 0 aliphatic carbocycles.